The summed E-state index contributed by atoms with van der Waals surface area (Å²) in [5.74, 6) is 0. The largest absolute Gasteiger partial charge is 0.484 e. The van der Waals surface area contributed by atoms with Crippen molar-refractivity contribution in [3.05, 3.63) is 12.7 Å². The molecule has 0 rings (SSSR count). The molecule has 0 aromatic heterocycles. The van der Waals surface area contributed by atoms with Gasteiger partial charge in [-0.25, -0.2) is 0 Å². The van der Waals surface area contributed by atoms with Gasteiger partial charge in [-0.1, -0.05) is 19.9 Å². The Morgan fingerprint density at radius 3 is 2.00 bits per heavy atom. The highest BCUT2D eigenvalue weighted by molar-refractivity contribution is 6.36. The first-order chi connectivity index (χ1) is 6.35. The SMILES string of the molecule is C=CCO[SiH](OCCC)OCCC. The summed E-state index contributed by atoms with van der Waals surface area (Å²) in [7, 11) is -1.86. The van der Waals surface area contributed by atoms with Crippen LogP contribution in [0.3, 0.4) is 0 Å². The molecule has 0 saturated carbocycles. The Hall–Kier alpha value is -0.163. The van der Waals surface area contributed by atoms with E-state index in [-0.39, 0.29) is 0 Å². The highest BCUT2D eigenvalue weighted by atomic mass is 28.3. The molecule has 0 aliphatic rings. The van der Waals surface area contributed by atoms with Crippen molar-refractivity contribution >= 4 is 9.53 Å². The van der Waals surface area contributed by atoms with Crippen molar-refractivity contribution in [1.82, 2.24) is 0 Å². The lowest BCUT2D eigenvalue weighted by atomic mass is 10.5. The van der Waals surface area contributed by atoms with Crippen LogP contribution in [0.4, 0.5) is 0 Å². The molecule has 0 heterocycles. The van der Waals surface area contributed by atoms with Crippen molar-refractivity contribution in [2.24, 2.45) is 0 Å². The van der Waals surface area contributed by atoms with Crippen LogP contribution in [-0.2, 0) is 13.3 Å². The van der Waals surface area contributed by atoms with Crippen molar-refractivity contribution < 1.29 is 13.3 Å². The van der Waals surface area contributed by atoms with E-state index in [0.717, 1.165) is 26.1 Å². The van der Waals surface area contributed by atoms with Gasteiger partial charge in [-0.15, -0.1) is 6.58 Å². The molecule has 4 heteroatoms. The van der Waals surface area contributed by atoms with Gasteiger partial charge in [0.15, 0.2) is 0 Å². The van der Waals surface area contributed by atoms with E-state index in [4.69, 9.17) is 13.3 Å². The van der Waals surface area contributed by atoms with Crippen LogP contribution in [0, 0.1) is 0 Å². The average Bonchev–Trinajstić information content (AvgIpc) is 2.17. The summed E-state index contributed by atoms with van der Waals surface area (Å²) >= 11 is 0. The van der Waals surface area contributed by atoms with E-state index in [9.17, 15) is 0 Å². The van der Waals surface area contributed by atoms with Gasteiger partial charge in [0.2, 0.25) is 0 Å². The Balaban J connectivity index is 3.52. The Morgan fingerprint density at radius 1 is 1.08 bits per heavy atom. The normalized spacial score (nSPS) is 10.7. The van der Waals surface area contributed by atoms with Gasteiger partial charge < -0.3 is 13.3 Å². The summed E-state index contributed by atoms with van der Waals surface area (Å²) in [6.45, 7) is 9.67. The summed E-state index contributed by atoms with van der Waals surface area (Å²) in [5, 5.41) is 0. The summed E-state index contributed by atoms with van der Waals surface area (Å²) in [5.41, 5.74) is 0. The zero-order valence-electron chi connectivity index (χ0n) is 8.62. The van der Waals surface area contributed by atoms with Crippen LogP contribution in [0.1, 0.15) is 26.7 Å². The van der Waals surface area contributed by atoms with Gasteiger partial charge in [-0.05, 0) is 12.8 Å². The van der Waals surface area contributed by atoms with E-state index >= 15 is 0 Å². The van der Waals surface area contributed by atoms with Crippen molar-refractivity contribution in [2.75, 3.05) is 19.8 Å². The fourth-order valence-corrected chi connectivity index (χ4v) is 2.16. The first kappa shape index (κ1) is 12.8. The summed E-state index contributed by atoms with van der Waals surface area (Å²) in [4.78, 5) is 0. The number of hydrogen-bond acceptors (Lipinski definition) is 3. The first-order valence-electron chi connectivity index (χ1n) is 4.80. The van der Waals surface area contributed by atoms with E-state index in [0.29, 0.717) is 6.61 Å². The standard InChI is InChI=1S/C9H20O3Si/c1-4-7-10-13(11-8-5-2)12-9-6-3/h4,13H,1,5-9H2,2-3H3. The van der Waals surface area contributed by atoms with Crippen LogP contribution in [-0.4, -0.2) is 29.3 Å². The number of rotatable bonds is 9. The van der Waals surface area contributed by atoms with Crippen molar-refractivity contribution in [3.8, 4) is 0 Å². The third-order valence-corrected chi connectivity index (χ3v) is 2.75. The Morgan fingerprint density at radius 2 is 1.62 bits per heavy atom. The molecule has 78 valence electrons. The molecule has 0 bridgehead atoms. The quantitative estimate of drug-likeness (QED) is 0.423. The molecule has 0 aliphatic heterocycles. The second-order valence-corrected chi connectivity index (χ2v) is 4.23. The third-order valence-electron chi connectivity index (χ3n) is 1.27. The van der Waals surface area contributed by atoms with E-state index < -0.39 is 9.53 Å². The number of hydrogen-bond donors (Lipinski definition) is 0. The molecule has 0 amide bonds. The van der Waals surface area contributed by atoms with Crippen LogP contribution in [0.15, 0.2) is 12.7 Å². The first-order valence-corrected chi connectivity index (χ1v) is 6.22. The van der Waals surface area contributed by atoms with Crippen LogP contribution in [0.2, 0.25) is 0 Å². The predicted molar refractivity (Wildman–Crippen MR) is 55.8 cm³/mol. The molecule has 0 unspecified atom stereocenters. The van der Waals surface area contributed by atoms with Gasteiger partial charge in [0.1, 0.15) is 0 Å². The van der Waals surface area contributed by atoms with Gasteiger partial charge in [-0.2, -0.15) is 0 Å². The molecule has 0 aromatic rings. The highest BCUT2D eigenvalue weighted by Crippen LogP contribution is 1.95. The molecule has 0 atom stereocenters. The minimum atomic E-state index is -1.86. The molecule has 0 aliphatic carbocycles. The fourth-order valence-electron chi connectivity index (χ4n) is 0.719. The maximum Gasteiger partial charge on any atom is 0.484 e. The molecule has 0 aromatic carbocycles. The van der Waals surface area contributed by atoms with Gasteiger partial charge in [0, 0.05) is 13.2 Å². The topological polar surface area (TPSA) is 27.7 Å². The summed E-state index contributed by atoms with van der Waals surface area (Å²) < 4.78 is 16.3. The second-order valence-electron chi connectivity index (χ2n) is 2.65. The predicted octanol–water partition coefficient (Wildman–Crippen LogP) is 1.76. The second kappa shape index (κ2) is 9.92. The van der Waals surface area contributed by atoms with E-state index in [1.54, 1.807) is 6.08 Å². The van der Waals surface area contributed by atoms with Crippen LogP contribution >= 0.6 is 0 Å². The molecule has 0 N–H and O–H groups in total. The molecule has 3 nitrogen and oxygen atoms in total. The van der Waals surface area contributed by atoms with Crippen LogP contribution in [0.25, 0.3) is 0 Å². The molecule has 0 spiro atoms. The molecule has 0 saturated heterocycles. The van der Waals surface area contributed by atoms with E-state index in [2.05, 4.69) is 20.4 Å². The summed E-state index contributed by atoms with van der Waals surface area (Å²) in [6, 6.07) is 0. The van der Waals surface area contributed by atoms with Gasteiger partial charge in [-0.3, -0.25) is 0 Å². The zero-order chi connectivity index (χ0) is 9.94. The lowest BCUT2D eigenvalue weighted by molar-refractivity contribution is 0.102. The Bertz CT molecular complexity index is 111. The van der Waals surface area contributed by atoms with Gasteiger partial charge in [0.05, 0.1) is 6.61 Å². The van der Waals surface area contributed by atoms with E-state index in [1.165, 1.54) is 0 Å². The van der Waals surface area contributed by atoms with Crippen LogP contribution < -0.4 is 0 Å². The van der Waals surface area contributed by atoms with Gasteiger partial charge >= 0.3 is 9.53 Å². The Labute approximate surface area is 82.7 Å². The smallest absolute Gasteiger partial charge is 0.376 e. The van der Waals surface area contributed by atoms with Crippen LogP contribution in [0.5, 0.6) is 0 Å². The molecular weight excluding hydrogens is 184 g/mol. The third kappa shape index (κ3) is 8.17. The molecular formula is C9H20O3Si. The highest BCUT2D eigenvalue weighted by Gasteiger charge is 2.13. The maximum absolute atomic E-state index is 5.44. The van der Waals surface area contributed by atoms with Crippen molar-refractivity contribution in [3.63, 3.8) is 0 Å². The summed E-state index contributed by atoms with van der Waals surface area (Å²) in [6.07, 6.45) is 3.71. The van der Waals surface area contributed by atoms with Crippen molar-refractivity contribution in [2.45, 2.75) is 26.7 Å². The van der Waals surface area contributed by atoms with Gasteiger partial charge in [0.25, 0.3) is 0 Å². The molecule has 0 fully saturated rings. The zero-order valence-corrected chi connectivity index (χ0v) is 9.78. The van der Waals surface area contributed by atoms with E-state index in [1.807, 2.05) is 0 Å². The maximum atomic E-state index is 5.44. The lowest BCUT2D eigenvalue weighted by Crippen LogP contribution is -2.28. The minimum absolute atomic E-state index is 0.518. The minimum Gasteiger partial charge on any atom is -0.376 e. The van der Waals surface area contributed by atoms with Crippen molar-refractivity contribution in [1.29, 1.82) is 0 Å². The monoisotopic (exact) mass is 204 g/mol. The Kier molecular flexibility index (Phi) is 9.80. The molecule has 0 radical (unpaired) electrons. The molecule has 13 heavy (non-hydrogen) atoms. The average molecular weight is 204 g/mol. The lowest BCUT2D eigenvalue weighted by Gasteiger charge is -2.14. The fraction of sp³-hybridized carbons (Fsp3) is 0.778.